The minimum Gasteiger partial charge on any atom is -0.507 e. The third-order valence-corrected chi connectivity index (χ3v) is 4.11. The van der Waals surface area contributed by atoms with Gasteiger partial charge in [-0.2, -0.15) is 0 Å². The molecule has 0 fully saturated rings. The molecule has 0 saturated carbocycles. The molecule has 6 nitrogen and oxygen atoms in total. The van der Waals surface area contributed by atoms with Gasteiger partial charge in [0.05, 0.1) is 9.95 Å². The Bertz CT molecular complexity index is 941. The van der Waals surface area contributed by atoms with E-state index in [1.54, 1.807) is 6.92 Å². The van der Waals surface area contributed by atoms with E-state index in [4.69, 9.17) is 16.3 Å². The largest absolute Gasteiger partial charge is 0.507 e. The summed E-state index contributed by atoms with van der Waals surface area (Å²) >= 11 is 5.74. The summed E-state index contributed by atoms with van der Waals surface area (Å²) < 4.78 is 18.9. The molecule has 1 unspecified atom stereocenters. The number of nitro benzene ring substituents is 1. The van der Waals surface area contributed by atoms with Crippen LogP contribution in [0.2, 0.25) is 5.02 Å². The molecule has 1 aliphatic rings. The molecule has 1 aliphatic heterocycles. The minimum absolute atomic E-state index is 0.138. The molecule has 3 rings (SSSR count). The highest BCUT2D eigenvalue weighted by molar-refractivity contribution is 6.30. The number of aliphatic hydroxyl groups is 1. The van der Waals surface area contributed by atoms with Crippen LogP contribution in [-0.2, 0) is 4.79 Å². The Balaban J connectivity index is 2.23. The lowest BCUT2D eigenvalue weighted by atomic mass is 9.91. The Kier molecular flexibility index (Phi) is 4.18. The first kappa shape index (κ1) is 16.9. The number of carbonyl (C=O) groups is 1. The van der Waals surface area contributed by atoms with E-state index in [9.17, 15) is 24.4 Å². The molecule has 0 aromatic heterocycles. The number of nitrogens with zero attached hydrogens (tertiary/aromatic N) is 1. The SMILES string of the molecule is Cc1cc2c(c([N+](=O)[O-])c1)OC(c1ccc(F)c(Cl)c1)=C(O)C2C=O. The van der Waals surface area contributed by atoms with Gasteiger partial charge in [0, 0.05) is 17.2 Å². The molecule has 0 amide bonds. The molecular formula is C17H11ClFNO5. The van der Waals surface area contributed by atoms with Crippen LogP contribution in [0.25, 0.3) is 5.76 Å². The van der Waals surface area contributed by atoms with Crippen molar-refractivity contribution < 1.29 is 24.0 Å². The van der Waals surface area contributed by atoms with Gasteiger partial charge in [0.25, 0.3) is 0 Å². The lowest BCUT2D eigenvalue weighted by Gasteiger charge is -2.25. The van der Waals surface area contributed by atoms with Crippen LogP contribution in [0, 0.1) is 22.9 Å². The van der Waals surface area contributed by atoms with E-state index in [-0.39, 0.29) is 33.3 Å². The average Bonchev–Trinajstić information content (AvgIpc) is 2.56. The van der Waals surface area contributed by atoms with Gasteiger partial charge in [-0.15, -0.1) is 0 Å². The molecular weight excluding hydrogens is 353 g/mol. The second-order valence-electron chi connectivity index (χ2n) is 5.52. The zero-order valence-corrected chi connectivity index (χ0v) is 13.6. The van der Waals surface area contributed by atoms with Crippen LogP contribution in [0.5, 0.6) is 5.75 Å². The first-order chi connectivity index (χ1) is 11.8. The maximum atomic E-state index is 13.4. The number of halogens is 2. The van der Waals surface area contributed by atoms with Gasteiger partial charge in [-0.05, 0) is 30.7 Å². The normalized spacial score (nSPS) is 16.2. The second kappa shape index (κ2) is 6.18. The van der Waals surface area contributed by atoms with Gasteiger partial charge < -0.3 is 14.6 Å². The Morgan fingerprint density at radius 2 is 2.08 bits per heavy atom. The monoisotopic (exact) mass is 363 g/mol. The average molecular weight is 364 g/mol. The van der Waals surface area contributed by atoms with Crippen LogP contribution in [-0.4, -0.2) is 16.3 Å². The van der Waals surface area contributed by atoms with Gasteiger partial charge in [-0.25, -0.2) is 4.39 Å². The molecule has 128 valence electrons. The third-order valence-electron chi connectivity index (χ3n) is 3.82. The number of nitro groups is 1. The number of ether oxygens (including phenoxy) is 1. The molecule has 25 heavy (non-hydrogen) atoms. The molecule has 8 heteroatoms. The van der Waals surface area contributed by atoms with Gasteiger partial charge in [0.15, 0.2) is 11.5 Å². The second-order valence-corrected chi connectivity index (χ2v) is 5.93. The minimum atomic E-state index is -1.14. The van der Waals surface area contributed by atoms with Crippen LogP contribution < -0.4 is 4.74 Å². The quantitative estimate of drug-likeness (QED) is 0.499. The number of aliphatic hydroxyl groups excluding tert-OH is 1. The molecule has 0 aliphatic carbocycles. The van der Waals surface area contributed by atoms with Gasteiger partial charge in [0.2, 0.25) is 5.75 Å². The highest BCUT2D eigenvalue weighted by Gasteiger charge is 2.35. The Hall–Kier alpha value is -2.93. The highest BCUT2D eigenvalue weighted by Crippen LogP contribution is 2.46. The summed E-state index contributed by atoms with van der Waals surface area (Å²) in [5.41, 5.74) is 0.592. The fourth-order valence-corrected chi connectivity index (χ4v) is 2.86. The van der Waals surface area contributed by atoms with Crippen molar-refractivity contribution in [2.45, 2.75) is 12.8 Å². The van der Waals surface area contributed by atoms with E-state index < -0.39 is 22.4 Å². The molecule has 1 heterocycles. The summed E-state index contributed by atoms with van der Waals surface area (Å²) in [4.78, 5) is 22.2. The van der Waals surface area contributed by atoms with Crippen LogP contribution in [0.4, 0.5) is 10.1 Å². The maximum absolute atomic E-state index is 13.4. The number of allylic oxidation sites excluding steroid dienone is 1. The van der Waals surface area contributed by atoms with Crippen molar-refractivity contribution in [1.29, 1.82) is 0 Å². The van der Waals surface area contributed by atoms with Crippen molar-refractivity contribution in [2.75, 3.05) is 0 Å². The van der Waals surface area contributed by atoms with Gasteiger partial charge in [-0.3, -0.25) is 10.1 Å². The Morgan fingerprint density at radius 3 is 2.68 bits per heavy atom. The van der Waals surface area contributed by atoms with Crippen molar-refractivity contribution in [3.63, 3.8) is 0 Å². The van der Waals surface area contributed by atoms with Crippen molar-refractivity contribution in [3.8, 4) is 5.75 Å². The lowest BCUT2D eigenvalue weighted by molar-refractivity contribution is -0.385. The topological polar surface area (TPSA) is 89.7 Å². The number of benzene rings is 2. The van der Waals surface area contributed by atoms with E-state index in [1.165, 1.54) is 24.3 Å². The first-order valence-corrected chi connectivity index (χ1v) is 7.52. The number of hydrogen-bond acceptors (Lipinski definition) is 5. The number of carbonyl (C=O) groups excluding carboxylic acids is 1. The predicted octanol–water partition coefficient (Wildman–Crippen LogP) is 4.30. The van der Waals surface area contributed by atoms with Crippen molar-refractivity contribution >= 4 is 29.3 Å². The summed E-state index contributed by atoms with van der Waals surface area (Å²) in [5.74, 6) is -2.55. The summed E-state index contributed by atoms with van der Waals surface area (Å²) in [7, 11) is 0. The fourth-order valence-electron chi connectivity index (χ4n) is 2.68. The smallest absolute Gasteiger partial charge is 0.312 e. The van der Waals surface area contributed by atoms with Gasteiger partial charge in [-0.1, -0.05) is 17.7 Å². The Labute approximate surface area is 146 Å². The van der Waals surface area contributed by atoms with Crippen LogP contribution in [0.3, 0.4) is 0 Å². The Morgan fingerprint density at radius 1 is 1.36 bits per heavy atom. The fraction of sp³-hybridized carbons (Fsp3) is 0.118. The van der Waals surface area contributed by atoms with E-state index in [0.29, 0.717) is 11.8 Å². The van der Waals surface area contributed by atoms with E-state index in [2.05, 4.69) is 0 Å². The first-order valence-electron chi connectivity index (χ1n) is 7.14. The van der Waals surface area contributed by atoms with E-state index in [1.807, 2.05) is 0 Å². The zero-order chi connectivity index (χ0) is 18.3. The molecule has 1 N–H and O–H groups in total. The van der Waals surface area contributed by atoms with Crippen LogP contribution >= 0.6 is 11.6 Å². The summed E-state index contributed by atoms with van der Waals surface area (Å²) in [6.45, 7) is 1.63. The van der Waals surface area contributed by atoms with E-state index >= 15 is 0 Å². The van der Waals surface area contributed by atoms with Crippen LogP contribution in [0.15, 0.2) is 36.1 Å². The van der Waals surface area contributed by atoms with Gasteiger partial charge >= 0.3 is 5.69 Å². The van der Waals surface area contributed by atoms with E-state index in [0.717, 1.165) is 6.07 Å². The van der Waals surface area contributed by atoms with Crippen molar-refractivity contribution in [3.05, 3.63) is 73.7 Å². The number of hydrogen-bond donors (Lipinski definition) is 1. The molecule has 0 saturated heterocycles. The maximum Gasteiger partial charge on any atom is 0.312 e. The predicted molar refractivity (Wildman–Crippen MR) is 88.2 cm³/mol. The number of aryl methyl sites for hydroxylation is 1. The molecule has 2 aromatic carbocycles. The van der Waals surface area contributed by atoms with Gasteiger partial charge in [0.1, 0.15) is 18.0 Å². The summed E-state index contributed by atoms with van der Waals surface area (Å²) in [6, 6.07) is 6.40. The van der Waals surface area contributed by atoms with Crippen LogP contribution in [0.1, 0.15) is 22.6 Å². The molecule has 0 bridgehead atoms. The lowest BCUT2D eigenvalue weighted by Crippen LogP contribution is -2.17. The molecule has 0 radical (unpaired) electrons. The number of aldehydes is 1. The summed E-state index contributed by atoms with van der Waals surface area (Å²) in [6.07, 6.45) is 0.463. The van der Waals surface area contributed by atoms with Crippen molar-refractivity contribution in [1.82, 2.24) is 0 Å². The third kappa shape index (κ3) is 2.83. The number of rotatable bonds is 3. The molecule has 2 aromatic rings. The summed E-state index contributed by atoms with van der Waals surface area (Å²) in [5, 5.41) is 21.5. The highest BCUT2D eigenvalue weighted by atomic mass is 35.5. The number of fused-ring (bicyclic) bond motifs is 1. The zero-order valence-electron chi connectivity index (χ0n) is 12.8. The molecule has 0 spiro atoms. The standard InChI is InChI=1S/C17H11ClFNO5/c1-8-4-10-11(7-21)15(22)16(9-2-3-13(19)12(18)6-9)25-17(10)14(5-8)20(23)24/h2-7,11,22H,1H3. The van der Waals surface area contributed by atoms with Crippen molar-refractivity contribution in [2.24, 2.45) is 0 Å². The molecule has 1 atom stereocenters.